The molecule has 0 spiro atoms. The minimum Gasteiger partial charge on any atom is -0.478 e. The molecule has 0 bridgehead atoms. The van der Waals surface area contributed by atoms with Crippen molar-refractivity contribution in [3.63, 3.8) is 0 Å². The molecule has 3 aromatic carbocycles. The monoisotopic (exact) mass is 501 g/mol. The molecule has 7 nitrogen and oxygen atoms in total. The third kappa shape index (κ3) is 4.82. The molecule has 0 fully saturated rings. The van der Waals surface area contributed by atoms with E-state index >= 15 is 0 Å². The minimum atomic E-state index is -1.08. The van der Waals surface area contributed by atoms with Gasteiger partial charge in [0.05, 0.1) is 22.5 Å². The Bertz CT molecular complexity index is 1690. The summed E-state index contributed by atoms with van der Waals surface area (Å²) in [6.07, 6.45) is 1.88. The molecule has 0 radical (unpaired) electrons. The maximum absolute atomic E-state index is 14.6. The SMILES string of the molecule is CC.Cc1c(-c2ccc3nn(C)cc3c2)oc2c(C(C)Nc3ccccc3C(=O)O)cc(F)cc2c1=O. The van der Waals surface area contributed by atoms with Gasteiger partial charge >= 0.3 is 5.97 Å². The molecule has 5 aromatic rings. The summed E-state index contributed by atoms with van der Waals surface area (Å²) in [6.45, 7) is 7.41. The van der Waals surface area contributed by atoms with E-state index in [9.17, 15) is 19.1 Å². The number of hydrogen-bond donors (Lipinski definition) is 2. The molecule has 5 rings (SSSR count). The first-order chi connectivity index (χ1) is 17.7. The number of fused-ring (bicyclic) bond motifs is 2. The lowest BCUT2D eigenvalue weighted by molar-refractivity contribution is 0.0698. The van der Waals surface area contributed by atoms with Gasteiger partial charge in [0.1, 0.15) is 17.2 Å². The van der Waals surface area contributed by atoms with Crippen LogP contribution < -0.4 is 10.7 Å². The fraction of sp³-hybridized carbons (Fsp3) is 0.207. The smallest absolute Gasteiger partial charge is 0.337 e. The Balaban J connectivity index is 0.00000156. The Hall–Kier alpha value is -4.46. The van der Waals surface area contributed by atoms with Crippen LogP contribution >= 0.6 is 0 Å². The molecule has 1 unspecified atom stereocenters. The summed E-state index contributed by atoms with van der Waals surface area (Å²) in [7, 11) is 1.83. The molecular weight excluding hydrogens is 473 g/mol. The number of carbonyl (C=O) groups is 1. The third-order valence-corrected chi connectivity index (χ3v) is 6.09. The van der Waals surface area contributed by atoms with Crippen LogP contribution in [0.15, 0.2) is 70.0 Å². The van der Waals surface area contributed by atoms with Crippen molar-refractivity contribution in [1.29, 1.82) is 0 Å². The number of aryl methyl sites for hydroxylation is 1. The number of hydrogen-bond acceptors (Lipinski definition) is 5. The lowest BCUT2D eigenvalue weighted by atomic mass is 10.00. The number of nitrogens with one attached hydrogen (secondary N) is 1. The van der Waals surface area contributed by atoms with Gasteiger partial charge in [-0.3, -0.25) is 9.48 Å². The van der Waals surface area contributed by atoms with E-state index in [2.05, 4.69) is 10.4 Å². The normalized spacial score (nSPS) is 11.7. The number of carboxylic acids is 1. The Kier molecular flexibility index (Phi) is 7.11. The molecule has 0 aliphatic carbocycles. The second-order valence-corrected chi connectivity index (χ2v) is 8.55. The van der Waals surface area contributed by atoms with Crippen LogP contribution in [-0.2, 0) is 7.05 Å². The van der Waals surface area contributed by atoms with Gasteiger partial charge in [0.2, 0.25) is 0 Å². The number of aromatic carboxylic acids is 1. The predicted octanol–water partition coefficient (Wildman–Crippen LogP) is 6.69. The average Bonchev–Trinajstić information content (AvgIpc) is 3.26. The fourth-order valence-corrected chi connectivity index (χ4v) is 4.37. The van der Waals surface area contributed by atoms with Crippen molar-refractivity contribution >= 4 is 33.5 Å². The van der Waals surface area contributed by atoms with Crippen LogP contribution in [0.1, 0.15) is 48.3 Å². The van der Waals surface area contributed by atoms with Gasteiger partial charge in [0, 0.05) is 41.0 Å². The van der Waals surface area contributed by atoms with Gasteiger partial charge < -0.3 is 14.8 Å². The first-order valence-corrected chi connectivity index (χ1v) is 12.0. The summed E-state index contributed by atoms with van der Waals surface area (Å²) in [6, 6.07) is 14.0. The highest BCUT2D eigenvalue weighted by atomic mass is 19.1. The first kappa shape index (κ1) is 25.6. The van der Waals surface area contributed by atoms with Crippen molar-refractivity contribution in [3.8, 4) is 11.3 Å². The van der Waals surface area contributed by atoms with Crippen molar-refractivity contribution < 1.29 is 18.7 Å². The quantitative estimate of drug-likeness (QED) is 0.278. The molecule has 2 aromatic heterocycles. The van der Waals surface area contributed by atoms with E-state index in [1.165, 1.54) is 18.2 Å². The average molecular weight is 502 g/mol. The number of carboxylic acid groups (broad SMARTS) is 1. The van der Waals surface area contributed by atoms with Crippen LogP contribution in [-0.4, -0.2) is 20.9 Å². The molecule has 190 valence electrons. The lowest BCUT2D eigenvalue weighted by Crippen LogP contribution is -2.14. The van der Waals surface area contributed by atoms with Gasteiger partial charge in [-0.1, -0.05) is 26.0 Å². The number of aromatic nitrogens is 2. The molecule has 0 saturated carbocycles. The van der Waals surface area contributed by atoms with E-state index in [1.807, 2.05) is 45.3 Å². The molecule has 0 aliphatic rings. The van der Waals surface area contributed by atoms with E-state index in [1.54, 1.807) is 36.7 Å². The number of rotatable bonds is 5. The summed E-state index contributed by atoms with van der Waals surface area (Å²) in [5.74, 6) is -1.28. The van der Waals surface area contributed by atoms with Crippen molar-refractivity contribution in [1.82, 2.24) is 9.78 Å². The van der Waals surface area contributed by atoms with Crippen molar-refractivity contribution in [2.24, 2.45) is 7.05 Å². The zero-order valence-electron chi connectivity index (χ0n) is 21.3. The van der Waals surface area contributed by atoms with Crippen LogP contribution in [0.25, 0.3) is 33.2 Å². The standard InChI is InChI=1S/C27H22FN3O4.C2H6/c1-14-24(32)21-12-18(28)11-20(15(2)29-23-7-5-4-6-19(23)27(33)34)26(21)35-25(14)16-8-9-22-17(10-16)13-31(3)30-22;1-2/h4-13,15,29H,1-3H3,(H,33,34);1-2H3. The Labute approximate surface area is 213 Å². The first-order valence-electron chi connectivity index (χ1n) is 12.0. The van der Waals surface area contributed by atoms with Crippen molar-refractivity contribution in [2.75, 3.05) is 5.32 Å². The number of para-hydroxylation sites is 1. The summed E-state index contributed by atoms with van der Waals surface area (Å²) >= 11 is 0. The summed E-state index contributed by atoms with van der Waals surface area (Å²) in [5.41, 5.74) is 2.67. The van der Waals surface area contributed by atoms with Crippen LogP contribution in [0.2, 0.25) is 0 Å². The maximum Gasteiger partial charge on any atom is 0.337 e. The Morgan fingerprint density at radius 1 is 1.14 bits per heavy atom. The van der Waals surface area contributed by atoms with Gasteiger partial charge in [-0.05, 0) is 56.3 Å². The Morgan fingerprint density at radius 3 is 2.59 bits per heavy atom. The molecule has 8 heteroatoms. The molecule has 0 amide bonds. The molecule has 2 heterocycles. The fourth-order valence-electron chi connectivity index (χ4n) is 4.37. The van der Waals surface area contributed by atoms with Crippen molar-refractivity contribution in [3.05, 3.63) is 93.5 Å². The molecule has 37 heavy (non-hydrogen) atoms. The van der Waals surface area contributed by atoms with E-state index in [-0.39, 0.29) is 22.0 Å². The van der Waals surface area contributed by atoms with E-state index < -0.39 is 17.8 Å². The van der Waals surface area contributed by atoms with Gasteiger partial charge in [-0.2, -0.15) is 5.10 Å². The third-order valence-electron chi connectivity index (χ3n) is 6.09. The van der Waals surface area contributed by atoms with E-state index in [4.69, 9.17) is 4.42 Å². The van der Waals surface area contributed by atoms with Crippen LogP contribution in [0.5, 0.6) is 0 Å². The van der Waals surface area contributed by atoms with Crippen molar-refractivity contribution in [2.45, 2.75) is 33.7 Å². The molecule has 1 atom stereocenters. The maximum atomic E-state index is 14.6. The number of nitrogens with zero attached hydrogens (tertiary/aromatic N) is 2. The van der Waals surface area contributed by atoms with Gasteiger partial charge in [0.15, 0.2) is 5.43 Å². The molecule has 0 saturated heterocycles. The summed E-state index contributed by atoms with van der Waals surface area (Å²) < 4.78 is 22.6. The second kappa shape index (κ2) is 10.3. The van der Waals surface area contributed by atoms with E-state index in [0.717, 1.165) is 10.9 Å². The van der Waals surface area contributed by atoms with Gasteiger partial charge in [-0.15, -0.1) is 0 Å². The lowest BCUT2D eigenvalue weighted by Gasteiger charge is -2.19. The zero-order chi connectivity index (χ0) is 26.9. The van der Waals surface area contributed by atoms with Crippen LogP contribution in [0.4, 0.5) is 10.1 Å². The Morgan fingerprint density at radius 2 is 1.86 bits per heavy atom. The molecule has 0 aliphatic heterocycles. The summed E-state index contributed by atoms with van der Waals surface area (Å²) in [5, 5.41) is 18.0. The van der Waals surface area contributed by atoms with Gasteiger partial charge in [0.25, 0.3) is 0 Å². The summed E-state index contributed by atoms with van der Waals surface area (Å²) in [4.78, 5) is 24.9. The van der Waals surface area contributed by atoms with Gasteiger partial charge in [-0.25, -0.2) is 9.18 Å². The number of anilines is 1. The predicted molar refractivity (Wildman–Crippen MR) is 144 cm³/mol. The minimum absolute atomic E-state index is 0.0859. The highest BCUT2D eigenvalue weighted by Crippen LogP contribution is 2.33. The molecular formula is C29H28FN3O4. The number of halogens is 1. The largest absolute Gasteiger partial charge is 0.478 e. The highest BCUT2D eigenvalue weighted by molar-refractivity contribution is 5.94. The topological polar surface area (TPSA) is 97.4 Å². The molecule has 2 N–H and O–H groups in total. The second-order valence-electron chi connectivity index (χ2n) is 8.55. The van der Waals surface area contributed by atoms with E-state index in [0.29, 0.717) is 28.1 Å². The number of benzene rings is 3. The highest BCUT2D eigenvalue weighted by Gasteiger charge is 2.21. The van der Waals surface area contributed by atoms with Crippen LogP contribution in [0.3, 0.4) is 0 Å². The zero-order valence-corrected chi connectivity index (χ0v) is 21.3. The van der Waals surface area contributed by atoms with Crippen LogP contribution in [0, 0.1) is 12.7 Å².